The molecule has 0 unspecified atom stereocenters. The van der Waals surface area contributed by atoms with E-state index in [-0.39, 0.29) is 5.91 Å². The third kappa shape index (κ3) is 4.35. The van der Waals surface area contributed by atoms with Crippen LogP contribution in [0.15, 0.2) is 42.5 Å². The number of halogens is 2. The van der Waals surface area contributed by atoms with Gasteiger partial charge in [0.15, 0.2) is 7.12 Å². The molecule has 2 aromatic rings. The third-order valence-corrected chi connectivity index (χ3v) is 4.02. The first-order valence-electron chi connectivity index (χ1n) is 6.42. The van der Waals surface area contributed by atoms with Crippen LogP contribution < -0.4 is 4.72 Å². The van der Waals surface area contributed by atoms with E-state index in [1.165, 1.54) is 0 Å². The molecular weight excluding hydrogens is 338 g/mol. The molecule has 0 saturated heterocycles. The summed E-state index contributed by atoms with van der Waals surface area (Å²) in [5, 5.41) is 1.12. The summed E-state index contributed by atoms with van der Waals surface area (Å²) in [5.41, 5.74) is 2.28. The van der Waals surface area contributed by atoms with Crippen molar-refractivity contribution in [2.75, 3.05) is 11.8 Å². The van der Waals surface area contributed by atoms with Crippen molar-refractivity contribution in [2.24, 2.45) is 0 Å². The van der Waals surface area contributed by atoms with E-state index in [1.807, 2.05) is 6.07 Å². The predicted molar refractivity (Wildman–Crippen MR) is 95.7 cm³/mol. The summed E-state index contributed by atoms with van der Waals surface area (Å²) < 4.78 is 2.90. The number of anilines is 1. The maximum atomic E-state index is 12.4. The number of carbonyl (C=O) groups is 1. The fourth-order valence-electron chi connectivity index (χ4n) is 1.95. The standard InChI is InChI=1S/C15H13BCl2N2OS/c1-20(9-11-2-5-12(17)8-14(11)18)15(21)10-3-6-13(7-4-10)19-22-16/h2-8,19H,9H2,1H3. The highest BCUT2D eigenvalue weighted by molar-refractivity contribution is 8.20. The molecule has 0 spiro atoms. The molecule has 0 aliphatic heterocycles. The molecule has 1 amide bonds. The Morgan fingerprint density at radius 1 is 1.23 bits per heavy atom. The molecule has 0 atom stereocenters. The molecular formula is C15H13BCl2N2OS. The van der Waals surface area contributed by atoms with E-state index >= 15 is 0 Å². The zero-order chi connectivity index (χ0) is 16.1. The minimum absolute atomic E-state index is 0.0852. The van der Waals surface area contributed by atoms with Crippen LogP contribution in [0, 0.1) is 0 Å². The van der Waals surface area contributed by atoms with Gasteiger partial charge in [0.05, 0.1) is 0 Å². The Labute approximate surface area is 145 Å². The highest BCUT2D eigenvalue weighted by atomic mass is 35.5. The van der Waals surface area contributed by atoms with Crippen LogP contribution in [0.2, 0.25) is 10.0 Å². The Morgan fingerprint density at radius 3 is 2.50 bits per heavy atom. The lowest BCUT2D eigenvalue weighted by Crippen LogP contribution is -2.26. The molecule has 2 aromatic carbocycles. The average Bonchev–Trinajstić information content (AvgIpc) is 2.50. The van der Waals surface area contributed by atoms with Gasteiger partial charge in [-0.1, -0.05) is 29.3 Å². The summed E-state index contributed by atoms with van der Waals surface area (Å²) >= 11 is 13.0. The summed E-state index contributed by atoms with van der Waals surface area (Å²) in [5.74, 6) is -0.0852. The monoisotopic (exact) mass is 350 g/mol. The summed E-state index contributed by atoms with van der Waals surface area (Å²) in [6.45, 7) is 0.410. The Bertz CT molecular complexity index is 667. The molecule has 1 N–H and O–H groups in total. The zero-order valence-electron chi connectivity index (χ0n) is 11.8. The minimum Gasteiger partial charge on any atom is -0.340 e. The van der Waals surface area contributed by atoms with Gasteiger partial charge in [-0.2, -0.15) is 0 Å². The van der Waals surface area contributed by atoms with Crippen LogP contribution in [0.4, 0.5) is 5.69 Å². The van der Waals surface area contributed by atoms with Crippen molar-refractivity contribution in [3.8, 4) is 0 Å². The van der Waals surface area contributed by atoms with Crippen molar-refractivity contribution in [3.05, 3.63) is 63.6 Å². The number of carbonyl (C=O) groups excluding carboxylic acids is 1. The molecule has 0 saturated carbocycles. The van der Waals surface area contributed by atoms with Crippen molar-refractivity contribution in [1.29, 1.82) is 0 Å². The van der Waals surface area contributed by atoms with Gasteiger partial charge < -0.3 is 9.62 Å². The second-order valence-electron chi connectivity index (χ2n) is 4.69. The fraction of sp³-hybridized carbons (Fsp3) is 0.133. The van der Waals surface area contributed by atoms with E-state index in [4.69, 9.17) is 30.3 Å². The Hall–Kier alpha value is -1.30. The normalized spacial score (nSPS) is 10.3. The molecule has 0 fully saturated rings. The van der Waals surface area contributed by atoms with Crippen molar-refractivity contribution in [2.45, 2.75) is 6.54 Å². The lowest BCUT2D eigenvalue weighted by molar-refractivity contribution is 0.0785. The quantitative estimate of drug-likeness (QED) is 0.640. The van der Waals surface area contributed by atoms with Crippen LogP contribution in [0.3, 0.4) is 0 Å². The maximum absolute atomic E-state index is 12.4. The van der Waals surface area contributed by atoms with Crippen molar-refractivity contribution in [1.82, 2.24) is 4.90 Å². The lowest BCUT2D eigenvalue weighted by atomic mass is 10.1. The molecule has 0 aliphatic carbocycles. The van der Waals surface area contributed by atoms with E-state index in [0.29, 0.717) is 22.2 Å². The second kappa shape index (κ2) is 7.81. The van der Waals surface area contributed by atoms with Gasteiger partial charge in [-0.3, -0.25) is 4.79 Å². The van der Waals surface area contributed by atoms with Gasteiger partial charge >= 0.3 is 0 Å². The Balaban J connectivity index is 2.08. The molecule has 22 heavy (non-hydrogen) atoms. The second-order valence-corrected chi connectivity index (χ2v) is 5.98. The molecule has 0 bridgehead atoms. The first-order valence-corrected chi connectivity index (χ1v) is 8.06. The van der Waals surface area contributed by atoms with E-state index < -0.39 is 0 Å². The highest BCUT2D eigenvalue weighted by Crippen LogP contribution is 2.22. The number of hydrogen-bond acceptors (Lipinski definition) is 3. The topological polar surface area (TPSA) is 32.3 Å². The molecule has 112 valence electrons. The number of nitrogens with one attached hydrogen (secondary N) is 1. The zero-order valence-corrected chi connectivity index (χ0v) is 14.2. The minimum atomic E-state index is -0.0852. The van der Waals surface area contributed by atoms with Crippen molar-refractivity contribution >= 4 is 53.7 Å². The number of benzene rings is 2. The molecule has 0 aromatic heterocycles. The molecule has 2 rings (SSSR count). The van der Waals surface area contributed by atoms with Crippen LogP contribution in [-0.2, 0) is 6.54 Å². The molecule has 7 heteroatoms. The van der Waals surface area contributed by atoms with E-state index in [2.05, 4.69) is 4.72 Å². The van der Waals surface area contributed by atoms with E-state index in [1.54, 1.807) is 48.3 Å². The largest absolute Gasteiger partial charge is 0.340 e. The van der Waals surface area contributed by atoms with Gasteiger partial charge in [-0.05, 0) is 42.0 Å². The summed E-state index contributed by atoms with van der Waals surface area (Å²) in [4.78, 5) is 14.0. The van der Waals surface area contributed by atoms with Crippen molar-refractivity contribution in [3.63, 3.8) is 0 Å². The smallest absolute Gasteiger partial charge is 0.253 e. The Morgan fingerprint density at radius 2 is 1.91 bits per heavy atom. The average molecular weight is 351 g/mol. The highest BCUT2D eigenvalue weighted by Gasteiger charge is 2.13. The SMILES string of the molecule is [B]SNc1ccc(C(=O)N(C)Cc2ccc(Cl)cc2Cl)cc1. The van der Waals surface area contributed by atoms with Gasteiger partial charge in [0.1, 0.15) is 0 Å². The van der Waals surface area contributed by atoms with Gasteiger partial charge in [0, 0.05) is 34.9 Å². The molecule has 0 aliphatic rings. The predicted octanol–water partition coefficient (Wildman–Crippen LogP) is 4.41. The Kier molecular flexibility index (Phi) is 6.06. The third-order valence-electron chi connectivity index (χ3n) is 3.08. The van der Waals surface area contributed by atoms with Gasteiger partial charge in [0.25, 0.3) is 5.91 Å². The van der Waals surface area contributed by atoms with Crippen LogP contribution in [-0.4, -0.2) is 25.0 Å². The molecule has 3 nitrogen and oxygen atoms in total. The van der Waals surface area contributed by atoms with Crippen molar-refractivity contribution < 1.29 is 4.79 Å². The van der Waals surface area contributed by atoms with Gasteiger partial charge in [0.2, 0.25) is 0 Å². The van der Waals surface area contributed by atoms with Crippen LogP contribution >= 0.6 is 35.0 Å². The maximum Gasteiger partial charge on any atom is 0.253 e. The summed E-state index contributed by atoms with van der Waals surface area (Å²) in [6.07, 6.45) is 0. The van der Waals surface area contributed by atoms with E-state index in [0.717, 1.165) is 23.0 Å². The van der Waals surface area contributed by atoms with Gasteiger partial charge in [-0.25, -0.2) is 0 Å². The summed E-state index contributed by atoms with van der Waals surface area (Å²) in [6, 6.07) is 12.3. The fourth-order valence-corrected chi connectivity index (χ4v) is 2.69. The summed E-state index contributed by atoms with van der Waals surface area (Å²) in [7, 11) is 7.06. The first kappa shape index (κ1) is 17.1. The molecule has 2 radical (unpaired) electrons. The number of rotatable bonds is 5. The van der Waals surface area contributed by atoms with Crippen LogP contribution in [0.25, 0.3) is 0 Å². The molecule has 0 heterocycles. The van der Waals surface area contributed by atoms with Crippen LogP contribution in [0.5, 0.6) is 0 Å². The lowest BCUT2D eigenvalue weighted by Gasteiger charge is -2.18. The first-order chi connectivity index (χ1) is 10.5. The number of nitrogens with zero attached hydrogens (tertiary/aromatic N) is 1. The number of amides is 1. The van der Waals surface area contributed by atoms with Crippen LogP contribution in [0.1, 0.15) is 15.9 Å². The number of hydrogen-bond donors (Lipinski definition) is 1. The van der Waals surface area contributed by atoms with E-state index in [9.17, 15) is 4.79 Å². The van der Waals surface area contributed by atoms with Gasteiger partial charge in [-0.15, -0.1) is 11.8 Å².